The summed E-state index contributed by atoms with van der Waals surface area (Å²) in [6, 6.07) is -1.01. The lowest BCUT2D eigenvalue weighted by molar-refractivity contribution is -0.123. The van der Waals surface area contributed by atoms with Gasteiger partial charge in [-0.15, -0.1) is 0 Å². The number of hydrogen-bond donors (Lipinski definition) is 6. The van der Waals surface area contributed by atoms with Crippen molar-refractivity contribution in [2.45, 2.75) is 76.3 Å². The maximum absolute atomic E-state index is 12.7. The van der Waals surface area contributed by atoms with E-state index in [4.69, 9.17) is 38.1 Å². The molecule has 204 valence electrons. The van der Waals surface area contributed by atoms with Crippen molar-refractivity contribution >= 4 is 24.0 Å². The van der Waals surface area contributed by atoms with E-state index in [1.165, 1.54) is 4.90 Å². The molecule has 4 amide bonds. The van der Waals surface area contributed by atoms with E-state index in [2.05, 4.69) is 5.32 Å². The third-order valence-electron chi connectivity index (χ3n) is 5.21. The number of carbonyl (C=O) groups excluding carboxylic acids is 4. The van der Waals surface area contributed by atoms with E-state index in [0.29, 0.717) is 32.5 Å². The predicted octanol–water partition coefficient (Wildman–Crippen LogP) is -0.364. The van der Waals surface area contributed by atoms with Gasteiger partial charge in [0, 0.05) is 19.0 Å². The smallest absolute Gasteiger partial charge is 0.410 e. The van der Waals surface area contributed by atoms with Crippen molar-refractivity contribution < 1.29 is 28.7 Å². The van der Waals surface area contributed by atoms with E-state index in [1.54, 1.807) is 0 Å². The van der Waals surface area contributed by atoms with E-state index in [9.17, 15) is 19.2 Å². The first-order chi connectivity index (χ1) is 16.7. The number of ether oxygens (including phenoxy) is 2. The lowest BCUT2D eigenvalue weighted by Crippen LogP contribution is -2.47. The Morgan fingerprint density at radius 3 is 2.06 bits per heavy atom. The minimum Gasteiger partial charge on any atom is -0.448 e. The second-order valence-corrected chi connectivity index (χ2v) is 8.50. The predicted molar refractivity (Wildman–Crippen MR) is 132 cm³/mol. The molecule has 0 saturated carbocycles. The summed E-state index contributed by atoms with van der Waals surface area (Å²) < 4.78 is 10.1. The Labute approximate surface area is 207 Å². The topological polar surface area (TPSA) is 232 Å². The lowest BCUT2D eigenvalue weighted by Gasteiger charge is -2.24. The quantitative estimate of drug-likeness (QED) is 0.112. The maximum atomic E-state index is 12.7. The molecule has 0 saturated heterocycles. The van der Waals surface area contributed by atoms with Gasteiger partial charge in [-0.2, -0.15) is 0 Å². The van der Waals surface area contributed by atoms with Crippen LogP contribution in [-0.2, 0) is 19.1 Å². The highest BCUT2D eigenvalue weighted by Crippen LogP contribution is 2.07. The van der Waals surface area contributed by atoms with E-state index < -0.39 is 36.1 Å². The highest BCUT2D eigenvalue weighted by Gasteiger charge is 2.22. The standard InChI is InChI=1S/C22H45N7O6/c23-11-5-2-1-3-7-13-29(22(33)35-15-17(25)9-10-19(26)30)14-20(31)28-18(8-4-6-12-24)16-34-21(27)32/h17-18H,1-16,23-25H2,(H2,26,30)(H2,27,32)(H,28,31)/t17-,18+/m1/s1. The van der Waals surface area contributed by atoms with Crippen LogP contribution >= 0.6 is 0 Å². The zero-order chi connectivity index (χ0) is 26.5. The van der Waals surface area contributed by atoms with Crippen molar-refractivity contribution in [1.82, 2.24) is 10.2 Å². The Morgan fingerprint density at radius 2 is 1.43 bits per heavy atom. The number of amides is 4. The van der Waals surface area contributed by atoms with Gasteiger partial charge in [0.25, 0.3) is 0 Å². The van der Waals surface area contributed by atoms with Crippen LogP contribution in [0.3, 0.4) is 0 Å². The third kappa shape index (κ3) is 19.4. The van der Waals surface area contributed by atoms with Crippen LogP contribution in [0.4, 0.5) is 9.59 Å². The van der Waals surface area contributed by atoms with Crippen molar-refractivity contribution in [3.8, 4) is 0 Å². The Hall–Kier alpha value is -2.64. The van der Waals surface area contributed by atoms with Crippen LogP contribution in [0.25, 0.3) is 0 Å². The van der Waals surface area contributed by atoms with Crippen molar-refractivity contribution in [2.24, 2.45) is 28.7 Å². The van der Waals surface area contributed by atoms with E-state index in [1.807, 2.05) is 0 Å². The Morgan fingerprint density at radius 1 is 0.800 bits per heavy atom. The molecule has 0 bridgehead atoms. The van der Waals surface area contributed by atoms with Gasteiger partial charge in [-0.3, -0.25) is 14.5 Å². The molecule has 0 spiro atoms. The Bertz CT molecular complexity index is 623. The molecule has 13 nitrogen and oxygen atoms in total. The van der Waals surface area contributed by atoms with Gasteiger partial charge in [0.2, 0.25) is 11.8 Å². The molecule has 0 aliphatic heterocycles. The molecule has 11 N–H and O–H groups in total. The summed E-state index contributed by atoms with van der Waals surface area (Å²) in [4.78, 5) is 48.5. The fourth-order valence-electron chi connectivity index (χ4n) is 3.25. The molecule has 0 aliphatic carbocycles. The Kier molecular flexibility index (Phi) is 19.1. The molecule has 2 atom stereocenters. The van der Waals surface area contributed by atoms with Crippen LogP contribution in [0.1, 0.15) is 64.2 Å². The van der Waals surface area contributed by atoms with Crippen LogP contribution in [0, 0.1) is 0 Å². The molecule has 0 aromatic heterocycles. The molecule has 0 aromatic rings. The van der Waals surface area contributed by atoms with Gasteiger partial charge in [-0.05, 0) is 45.2 Å². The van der Waals surface area contributed by atoms with Gasteiger partial charge in [0.1, 0.15) is 19.8 Å². The van der Waals surface area contributed by atoms with Gasteiger partial charge in [0.15, 0.2) is 0 Å². The van der Waals surface area contributed by atoms with Gasteiger partial charge < -0.3 is 43.5 Å². The first kappa shape index (κ1) is 32.4. The SMILES string of the molecule is NCCCCCCCN(CC(=O)N[C@@H](CCCCN)COC(N)=O)C(=O)OC[C@H](N)CCC(N)=O. The second kappa shape index (κ2) is 20.7. The summed E-state index contributed by atoms with van der Waals surface area (Å²) in [6.07, 6.45) is 5.25. The number of nitrogens with one attached hydrogen (secondary N) is 1. The molecule has 0 radical (unpaired) electrons. The minimum atomic E-state index is -0.935. The average molecular weight is 504 g/mol. The van der Waals surface area contributed by atoms with E-state index >= 15 is 0 Å². The van der Waals surface area contributed by atoms with Crippen LogP contribution < -0.4 is 34.0 Å². The van der Waals surface area contributed by atoms with Crippen LogP contribution in [0.15, 0.2) is 0 Å². The van der Waals surface area contributed by atoms with Crippen LogP contribution in [-0.4, -0.2) is 80.4 Å². The first-order valence-electron chi connectivity index (χ1n) is 12.3. The fraction of sp³-hybridized carbons (Fsp3) is 0.818. The zero-order valence-corrected chi connectivity index (χ0v) is 20.8. The molecule has 0 aliphatic rings. The van der Waals surface area contributed by atoms with Gasteiger partial charge >= 0.3 is 12.2 Å². The fourth-order valence-corrected chi connectivity index (χ4v) is 3.25. The maximum Gasteiger partial charge on any atom is 0.410 e. The van der Waals surface area contributed by atoms with Crippen molar-refractivity contribution in [1.29, 1.82) is 0 Å². The molecule has 13 heteroatoms. The van der Waals surface area contributed by atoms with E-state index in [0.717, 1.165) is 38.5 Å². The number of nitrogens with two attached hydrogens (primary N) is 5. The number of unbranched alkanes of at least 4 members (excludes halogenated alkanes) is 5. The summed E-state index contributed by atoms with van der Waals surface area (Å²) in [5, 5.41) is 2.78. The number of primary amides is 2. The highest BCUT2D eigenvalue weighted by molar-refractivity contribution is 5.82. The monoisotopic (exact) mass is 503 g/mol. The van der Waals surface area contributed by atoms with Crippen LogP contribution in [0.5, 0.6) is 0 Å². The molecule has 35 heavy (non-hydrogen) atoms. The first-order valence-corrected chi connectivity index (χ1v) is 12.3. The summed E-state index contributed by atoms with van der Waals surface area (Å²) in [6.45, 7) is 1.05. The Balaban J connectivity index is 4.92. The molecule has 0 unspecified atom stereocenters. The molecule has 0 rings (SSSR count). The largest absolute Gasteiger partial charge is 0.448 e. The molecular weight excluding hydrogens is 458 g/mol. The lowest BCUT2D eigenvalue weighted by atomic mass is 10.1. The zero-order valence-electron chi connectivity index (χ0n) is 20.8. The normalized spacial score (nSPS) is 12.4. The number of hydrogen-bond acceptors (Lipinski definition) is 9. The third-order valence-corrected chi connectivity index (χ3v) is 5.21. The second-order valence-electron chi connectivity index (χ2n) is 8.50. The number of nitrogens with zero attached hydrogens (tertiary/aromatic N) is 1. The summed E-state index contributed by atoms with van der Waals surface area (Å²) >= 11 is 0. The number of carbonyl (C=O) groups is 4. The molecule has 0 aromatic carbocycles. The van der Waals surface area contributed by atoms with Gasteiger partial charge in [-0.25, -0.2) is 9.59 Å². The summed E-state index contributed by atoms with van der Waals surface area (Å²) in [5.74, 6) is -0.907. The van der Waals surface area contributed by atoms with Gasteiger partial charge in [0.05, 0.1) is 6.04 Å². The molecule has 0 heterocycles. The van der Waals surface area contributed by atoms with Crippen molar-refractivity contribution in [3.05, 3.63) is 0 Å². The summed E-state index contributed by atoms with van der Waals surface area (Å²) in [7, 11) is 0. The summed E-state index contributed by atoms with van der Waals surface area (Å²) in [5.41, 5.74) is 27.0. The average Bonchev–Trinajstić information content (AvgIpc) is 2.80. The van der Waals surface area contributed by atoms with Crippen molar-refractivity contribution in [3.63, 3.8) is 0 Å². The minimum absolute atomic E-state index is 0.0774. The highest BCUT2D eigenvalue weighted by atomic mass is 16.6. The van der Waals surface area contributed by atoms with Crippen LogP contribution in [0.2, 0.25) is 0 Å². The van der Waals surface area contributed by atoms with E-state index in [-0.39, 0.29) is 32.6 Å². The molecular formula is C22H45N7O6. The number of rotatable bonds is 21. The molecule has 0 fully saturated rings. The van der Waals surface area contributed by atoms with Crippen molar-refractivity contribution in [2.75, 3.05) is 39.4 Å². The van der Waals surface area contributed by atoms with Gasteiger partial charge in [-0.1, -0.05) is 25.7 Å².